The number of anilines is 3. The number of benzene rings is 8. The summed E-state index contributed by atoms with van der Waals surface area (Å²) in [6.07, 6.45) is 7.04. The van der Waals surface area contributed by atoms with Gasteiger partial charge in [-0.1, -0.05) is 147 Å². The van der Waals surface area contributed by atoms with E-state index < -0.39 is 0 Å². The first-order valence-electron chi connectivity index (χ1n) is 21.8. The number of fused-ring (bicyclic) bond motifs is 9. The van der Waals surface area contributed by atoms with Crippen molar-refractivity contribution >= 4 is 38.6 Å². The van der Waals surface area contributed by atoms with Gasteiger partial charge in [0, 0.05) is 27.5 Å². The molecule has 4 fully saturated rings. The van der Waals surface area contributed by atoms with Crippen LogP contribution in [0.25, 0.3) is 54.9 Å². The second-order valence-electron chi connectivity index (χ2n) is 18.9. The lowest BCUT2D eigenvalue weighted by atomic mass is 9.43. The van der Waals surface area contributed by atoms with Gasteiger partial charge in [0.2, 0.25) is 0 Å². The van der Waals surface area contributed by atoms with E-state index >= 15 is 0 Å². The largest absolute Gasteiger partial charge is 0.309 e. The Kier molecular flexibility index (Phi) is 6.75. The van der Waals surface area contributed by atoms with Gasteiger partial charge in [0.25, 0.3) is 0 Å². The third-order valence-electron chi connectivity index (χ3n) is 15.8. The van der Waals surface area contributed by atoms with Gasteiger partial charge >= 0.3 is 0 Å². The fraction of sp³-hybridized carbons (Fsp3) is 0.228. The zero-order chi connectivity index (χ0) is 38.3. The van der Waals surface area contributed by atoms with E-state index in [2.05, 4.69) is 183 Å². The van der Waals surface area contributed by atoms with Crippen LogP contribution in [0.3, 0.4) is 0 Å². The van der Waals surface area contributed by atoms with Crippen molar-refractivity contribution in [3.63, 3.8) is 0 Å². The third kappa shape index (κ3) is 4.32. The van der Waals surface area contributed by atoms with Crippen molar-refractivity contribution in [1.29, 1.82) is 0 Å². The maximum absolute atomic E-state index is 2.66. The lowest BCUT2D eigenvalue weighted by molar-refractivity contribution is -0.0399. The minimum atomic E-state index is -0.111. The molecule has 58 heavy (non-hydrogen) atoms. The minimum Gasteiger partial charge on any atom is -0.309 e. The lowest BCUT2D eigenvalue weighted by Crippen LogP contribution is -2.55. The SMILES string of the molecule is CC1(C)c2ccccc2-c2ccc(N(c3ccccc3-c3ccc4c(c3)C3(c5ccccc5-4)C4CC5CC(C4)CC3C5)c3cc4ccccc4c4ccccc34)cc21. The maximum atomic E-state index is 2.66. The van der Waals surface area contributed by atoms with Crippen molar-refractivity contribution in [1.82, 2.24) is 0 Å². The number of hydrogen-bond acceptors (Lipinski definition) is 1. The van der Waals surface area contributed by atoms with Crippen LogP contribution in [0, 0.1) is 23.7 Å². The molecule has 0 radical (unpaired) electrons. The fourth-order valence-electron chi connectivity index (χ4n) is 13.7. The zero-order valence-corrected chi connectivity index (χ0v) is 33.4. The molecule has 8 aromatic rings. The molecule has 0 heterocycles. The van der Waals surface area contributed by atoms with Crippen molar-refractivity contribution in [2.24, 2.45) is 23.7 Å². The molecule has 0 saturated heterocycles. The first-order chi connectivity index (χ1) is 28.5. The summed E-state index contributed by atoms with van der Waals surface area (Å²) in [7, 11) is 0. The van der Waals surface area contributed by atoms with Crippen molar-refractivity contribution in [3.05, 3.63) is 186 Å². The number of hydrogen-bond donors (Lipinski definition) is 0. The van der Waals surface area contributed by atoms with Gasteiger partial charge in [-0.15, -0.1) is 0 Å². The van der Waals surface area contributed by atoms with Crippen molar-refractivity contribution < 1.29 is 0 Å². The molecule has 0 aromatic heterocycles. The molecular weight excluding hydrogens is 699 g/mol. The molecule has 6 aliphatic rings. The standard InChI is InChI=1S/C57H47N/c1-56(2)50-20-10-7-17-45(50)47-26-24-41(34-52(47)56)58(55-33-37-13-3-4-14-42(37)44-16-5-6-19-49(44)55)54-22-12-9-15-43(54)38-23-25-48-46-18-8-11-21-51(46)57(53(48)32-38)39-28-35-27-36(30-39)31-40(57)29-35/h3-26,32-36,39-40H,27-31H2,1-2H3. The van der Waals surface area contributed by atoms with Gasteiger partial charge in [0.05, 0.1) is 11.4 Å². The second-order valence-corrected chi connectivity index (χ2v) is 18.9. The Balaban J connectivity index is 1.05. The van der Waals surface area contributed by atoms with Gasteiger partial charge in [0.1, 0.15) is 0 Å². The Bertz CT molecular complexity index is 2990. The molecule has 0 aliphatic heterocycles. The molecular formula is C57H47N. The summed E-state index contributed by atoms with van der Waals surface area (Å²) in [6.45, 7) is 4.79. The summed E-state index contributed by atoms with van der Waals surface area (Å²) >= 11 is 0. The first-order valence-corrected chi connectivity index (χ1v) is 21.8. The molecule has 1 nitrogen and oxygen atoms in total. The summed E-state index contributed by atoms with van der Waals surface area (Å²) in [6, 6.07) is 62.9. The van der Waals surface area contributed by atoms with Crippen LogP contribution in [0.15, 0.2) is 164 Å². The van der Waals surface area contributed by atoms with Gasteiger partial charge < -0.3 is 4.90 Å². The van der Waals surface area contributed by atoms with E-state index in [-0.39, 0.29) is 10.8 Å². The second kappa shape index (κ2) is 11.8. The molecule has 0 unspecified atom stereocenters. The van der Waals surface area contributed by atoms with E-state index in [1.807, 2.05) is 0 Å². The Morgan fingerprint density at radius 1 is 0.414 bits per heavy atom. The topological polar surface area (TPSA) is 3.24 Å². The minimum absolute atomic E-state index is 0.111. The molecule has 0 N–H and O–H groups in total. The Labute approximate surface area is 342 Å². The van der Waals surface area contributed by atoms with E-state index in [4.69, 9.17) is 0 Å². The first kappa shape index (κ1) is 33.1. The van der Waals surface area contributed by atoms with Crippen molar-refractivity contribution in [3.8, 4) is 33.4 Å². The summed E-state index contributed by atoms with van der Waals surface area (Å²) in [5, 5.41) is 5.09. The highest BCUT2D eigenvalue weighted by Gasteiger charge is 2.61. The van der Waals surface area contributed by atoms with Crippen LogP contribution < -0.4 is 4.90 Å². The number of nitrogens with zero attached hydrogens (tertiary/aromatic N) is 1. The highest BCUT2D eigenvalue weighted by atomic mass is 15.1. The van der Waals surface area contributed by atoms with E-state index in [1.54, 1.807) is 11.1 Å². The zero-order valence-electron chi connectivity index (χ0n) is 33.4. The highest BCUT2D eigenvalue weighted by molar-refractivity contribution is 6.15. The summed E-state index contributed by atoms with van der Waals surface area (Å²) in [5.74, 6) is 3.30. The molecule has 8 aromatic carbocycles. The van der Waals surface area contributed by atoms with Crippen LogP contribution in [-0.2, 0) is 10.8 Å². The predicted molar refractivity (Wildman–Crippen MR) is 242 cm³/mol. The Hall–Kier alpha value is -5.92. The van der Waals surface area contributed by atoms with Crippen LogP contribution in [-0.4, -0.2) is 0 Å². The molecule has 6 aliphatic carbocycles. The van der Waals surface area contributed by atoms with Crippen LogP contribution in [0.4, 0.5) is 17.1 Å². The molecule has 1 spiro atoms. The Morgan fingerprint density at radius 3 is 1.76 bits per heavy atom. The van der Waals surface area contributed by atoms with Gasteiger partial charge in [-0.05, 0) is 152 Å². The number of para-hydroxylation sites is 1. The van der Waals surface area contributed by atoms with Crippen LogP contribution in [0.5, 0.6) is 0 Å². The van der Waals surface area contributed by atoms with E-state index in [1.165, 1.54) is 115 Å². The van der Waals surface area contributed by atoms with E-state index in [0.717, 1.165) is 23.7 Å². The normalized spacial score (nSPS) is 23.9. The van der Waals surface area contributed by atoms with Gasteiger partial charge in [-0.3, -0.25) is 0 Å². The molecule has 14 rings (SSSR count). The van der Waals surface area contributed by atoms with E-state index in [9.17, 15) is 0 Å². The smallest absolute Gasteiger partial charge is 0.0546 e. The predicted octanol–water partition coefficient (Wildman–Crippen LogP) is 15.2. The average Bonchev–Trinajstić information content (AvgIpc) is 3.68. The maximum Gasteiger partial charge on any atom is 0.0546 e. The molecule has 0 amide bonds. The van der Waals surface area contributed by atoms with Crippen molar-refractivity contribution in [2.45, 2.75) is 56.8 Å². The van der Waals surface area contributed by atoms with Gasteiger partial charge in [-0.25, -0.2) is 0 Å². The fourth-order valence-corrected chi connectivity index (χ4v) is 13.7. The lowest BCUT2D eigenvalue weighted by Gasteiger charge is -2.61. The van der Waals surface area contributed by atoms with Crippen LogP contribution >= 0.6 is 0 Å². The molecule has 280 valence electrons. The van der Waals surface area contributed by atoms with Crippen molar-refractivity contribution in [2.75, 3.05) is 4.90 Å². The average molecular weight is 746 g/mol. The van der Waals surface area contributed by atoms with Gasteiger partial charge in [-0.2, -0.15) is 0 Å². The quantitative estimate of drug-likeness (QED) is 0.162. The summed E-state index contributed by atoms with van der Waals surface area (Å²) in [4.78, 5) is 2.59. The van der Waals surface area contributed by atoms with E-state index in [0.29, 0.717) is 0 Å². The molecule has 1 heteroatoms. The molecule has 4 saturated carbocycles. The molecule has 4 bridgehead atoms. The van der Waals surface area contributed by atoms with Gasteiger partial charge in [0.15, 0.2) is 0 Å². The van der Waals surface area contributed by atoms with Crippen LogP contribution in [0.1, 0.15) is 68.2 Å². The Morgan fingerprint density at radius 2 is 0.983 bits per heavy atom. The summed E-state index contributed by atoms with van der Waals surface area (Å²) < 4.78 is 0. The van der Waals surface area contributed by atoms with Crippen LogP contribution in [0.2, 0.25) is 0 Å². The monoisotopic (exact) mass is 745 g/mol. The molecule has 0 atom stereocenters. The summed E-state index contributed by atoms with van der Waals surface area (Å²) in [5.41, 5.74) is 17.9. The third-order valence-corrected chi connectivity index (χ3v) is 15.8. The highest BCUT2D eigenvalue weighted by Crippen LogP contribution is 2.69. The number of rotatable bonds is 4.